The molecule has 2 nitrogen and oxygen atoms in total. The Bertz CT molecular complexity index is 357. The molecule has 0 spiro atoms. The molecule has 0 aromatic heterocycles. The number of hydrogen-bond acceptors (Lipinski definition) is 2. The minimum atomic E-state index is 0.338. The fourth-order valence-electron chi connectivity index (χ4n) is 3.30. The van der Waals surface area contributed by atoms with E-state index in [-0.39, 0.29) is 0 Å². The monoisotopic (exact) mass is 290 g/mol. The van der Waals surface area contributed by atoms with Gasteiger partial charge in [0.15, 0.2) is 0 Å². The molecule has 1 N–H and O–H groups in total. The molecule has 0 saturated heterocycles. The lowest BCUT2D eigenvalue weighted by Gasteiger charge is -2.29. The molecular formula is C19H30O2. The summed E-state index contributed by atoms with van der Waals surface area (Å²) in [6, 6.07) is 7.15. The first-order valence-corrected chi connectivity index (χ1v) is 8.65. The maximum absolute atomic E-state index is 8.81. The quantitative estimate of drug-likeness (QED) is 0.793. The second-order valence-electron chi connectivity index (χ2n) is 6.50. The van der Waals surface area contributed by atoms with Gasteiger partial charge in [-0.3, -0.25) is 0 Å². The summed E-state index contributed by atoms with van der Waals surface area (Å²) in [6.45, 7) is 1.94. The molecular weight excluding hydrogens is 260 g/mol. The van der Waals surface area contributed by atoms with E-state index in [1.165, 1.54) is 64.2 Å². The van der Waals surface area contributed by atoms with E-state index in [9.17, 15) is 0 Å². The topological polar surface area (TPSA) is 29.5 Å². The zero-order chi connectivity index (χ0) is 14.9. The number of aromatic hydroxyl groups is 1. The molecule has 0 bridgehead atoms. The lowest BCUT2D eigenvalue weighted by atomic mass is 9.95. The summed E-state index contributed by atoms with van der Waals surface area (Å²) in [5, 5.41) is 8.81. The van der Waals surface area contributed by atoms with E-state index >= 15 is 0 Å². The smallest absolute Gasteiger partial charge is 0.115 e. The highest BCUT2D eigenvalue weighted by atomic mass is 16.5. The van der Waals surface area contributed by atoms with Crippen LogP contribution in [0.25, 0.3) is 0 Å². The van der Waals surface area contributed by atoms with Crippen molar-refractivity contribution in [3.8, 4) is 5.75 Å². The Morgan fingerprint density at radius 2 is 1.38 bits per heavy atom. The summed E-state index contributed by atoms with van der Waals surface area (Å²) in [4.78, 5) is 0. The van der Waals surface area contributed by atoms with Crippen molar-refractivity contribution < 1.29 is 9.84 Å². The number of aryl methyl sites for hydroxylation is 1. The van der Waals surface area contributed by atoms with Gasteiger partial charge in [-0.2, -0.15) is 0 Å². The standard InChI is InChI=1S/C12H22O.C7H8O/c1-3-7-11(8-4-1)13-12-9-5-2-6-10-12;1-6-3-2-4-7(8)5-6/h11-12H,1-10H2;2-5,8H,1H3. The second-order valence-corrected chi connectivity index (χ2v) is 6.50. The van der Waals surface area contributed by atoms with Crippen molar-refractivity contribution in [2.24, 2.45) is 0 Å². The summed E-state index contributed by atoms with van der Waals surface area (Å²) in [6.07, 6.45) is 15.0. The number of phenols is 1. The van der Waals surface area contributed by atoms with Crippen molar-refractivity contribution in [3.63, 3.8) is 0 Å². The maximum Gasteiger partial charge on any atom is 0.115 e. The lowest BCUT2D eigenvalue weighted by Crippen LogP contribution is -2.25. The number of phenolic OH excluding ortho intramolecular Hbond substituents is 1. The average Bonchev–Trinajstić information content (AvgIpc) is 2.50. The third-order valence-electron chi connectivity index (χ3n) is 4.49. The van der Waals surface area contributed by atoms with Crippen LogP contribution < -0.4 is 0 Å². The highest BCUT2D eigenvalue weighted by Crippen LogP contribution is 2.26. The van der Waals surface area contributed by atoms with Gasteiger partial charge >= 0.3 is 0 Å². The Morgan fingerprint density at radius 3 is 1.76 bits per heavy atom. The number of ether oxygens (including phenoxy) is 1. The molecule has 2 fully saturated rings. The van der Waals surface area contributed by atoms with Crippen molar-refractivity contribution in [1.82, 2.24) is 0 Å². The summed E-state index contributed by atoms with van der Waals surface area (Å²) in [5.74, 6) is 0.338. The molecule has 0 heterocycles. The Labute approximate surface area is 129 Å². The lowest BCUT2D eigenvalue weighted by molar-refractivity contribution is -0.0450. The Morgan fingerprint density at radius 1 is 0.857 bits per heavy atom. The molecule has 2 aliphatic rings. The van der Waals surface area contributed by atoms with Gasteiger partial charge in [0.1, 0.15) is 5.75 Å². The van der Waals surface area contributed by atoms with E-state index in [2.05, 4.69) is 0 Å². The summed E-state index contributed by atoms with van der Waals surface area (Å²) < 4.78 is 6.13. The minimum Gasteiger partial charge on any atom is -0.508 e. The minimum absolute atomic E-state index is 0.338. The van der Waals surface area contributed by atoms with Gasteiger partial charge in [-0.1, -0.05) is 50.7 Å². The summed E-state index contributed by atoms with van der Waals surface area (Å²) >= 11 is 0. The van der Waals surface area contributed by atoms with Crippen molar-refractivity contribution in [3.05, 3.63) is 29.8 Å². The molecule has 2 saturated carbocycles. The van der Waals surface area contributed by atoms with Gasteiger partial charge in [-0.15, -0.1) is 0 Å². The van der Waals surface area contributed by atoms with E-state index in [0.717, 1.165) is 5.56 Å². The van der Waals surface area contributed by atoms with E-state index in [1.54, 1.807) is 12.1 Å². The van der Waals surface area contributed by atoms with Gasteiger partial charge in [0, 0.05) is 0 Å². The molecule has 3 rings (SSSR count). The number of rotatable bonds is 2. The van der Waals surface area contributed by atoms with Crippen LogP contribution in [0.15, 0.2) is 24.3 Å². The van der Waals surface area contributed by atoms with Crippen LogP contribution in [0, 0.1) is 6.92 Å². The zero-order valence-electron chi connectivity index (χ0n) is 13.4. The predicted molar refractivity (Wildman–Crippen MR) is 87.7 cm³/mol. The van der Waals surface area contributed by atoms with Gasteiger partial charge in [-0.25, -0.2) is 0 Å². The molecule has 0 amide bonds. The van der Waals surface area contributed by atoms with Crippen LogP contribution in [0.2, 0.25) is 0 Å². The van der Waals surface area contributed by atoms with E-state index in [4.69, 9.17) is 9.84 Å². The fourth-order valence-corrected chi connectivity index (χ4v) is 3.30. The van der Waals surface area contributed by atoms with E-state index in [0.29, 0.717) is 18.0 Å². The molecule has 2 aliphatic carbocycles. The van der Waals surface area contributed by atoms with Gasteiger partial charge < -0.3 is 9.84 Å². The molecule has 0 radical (unpaired) electrons. The largest absolute Gasteiger partial charge is 0.508 e. The highest BCUT2D eigenvalue weighted by Gasteiger charge is 2.20. The number of hydrogen-bond donors (Lipinski definition) is 1. The highest BCUT2D eigenvalue weighted by molar-refractivity contribution is 5.25. The molecule has 2 heteroatoms. The van der Waals surface area contributed by atoms with E-state index < -0.39 is 0 Å². The van der Waals surface area contributed by atoms with Crippen LogP contribution in [0.3, 0.4) is 0 Å². The molecule has 1 aromatic rings. The fraction of sp³-hybridized carbons (Fsp3) is 0.684. The predicted octanol–water partition coefficient (Wildman–Crippen LogP) is 5.37. The van der Waals surface area contributed by atoms with Crippen molar-refractivity contribution in [1.29, 1.82) is 0 Å². The summed E-state index contributed by atoms with van der Waals surface area (Å²) in [5.41, 5.74) is 1.09. The third-order valence-corrected chi connectivity index (χ3v) is 4.49. The van der Waals surface area contributed by atoms with Gasteiger partial charge in [-0.05, 0) is 50.3 Å². The normalized spacial score (nSPS) is 20.6. The Kier molecular flexibility index (Phi) is 7.08. The molecule has 0 unspecified atom stereocenters. The third kappa shape index (κ3) is 6.52. The van der Waals surface area contributed by atoms with Gasteiger partial charge in [0.25, 0.3) is 0 Å². The van der Waals surface area contributed by atoms with Gasteiger partial charge in [0.05, 0.1) is 12.2 Å². The van der Waals surface area contributed by atoms with Crippen LogP contribution in [-0.4, -0.2) is 17.3 Å². The van der Waals surface area contributed by atoms with Crippen molar-refractivity contribution in [2.45, 2.75) is 83.3 Å². The Hall–Kier alpha value is -1.02. The summed E-state index contributed by atoms with van der Waals surface area (Å²) in [7, 11) is 0. The molecule has 0 atom stereocenters. The molecule has 118 valence electrons. The van der Waals surface area contributed by atoms with Crippen LogP contribution in [0.5, 0.6) is 5.75 Å². The van der Waals surface area contributed by atoms with Crippen LogP contribution in [0.4, 0.5) is 0 Å². The van der Waals surface area contributed by atoms with E-state index in [1.807, 2.05) is 19.1 Å². The van der Waals surface area contributed by atoms with Gasteiger partial charge in [0.2, 0.25) is 0 Å². The zero-order valence-corrected chi connectivity index (χ0v) is 13.4. The maximum atomic E-state index is 8.81. The SMILES string of the molecule is C1CCC(OC2CCCCC2)CC1.Cc1cccc(O)c1. The van der Waals surface area contributed by atoms with Crippen LogP contribution in [-0.2, 0) is 4.74 Å². The second kappa shape index (κ2) is 9.09. The first kappa shape index (κ1) is 16.4. The first-order valence-electron chi connectivity index (χ1n) is 8.65. The van der Waals surface area contributed by atoms with Crippen molar-refractivity contribution in [2.75, 3.05) is 0 Å². The molecule has 21 heavy (non-hydrogen) atoms. The number of benzene rings is 1. The van der Waals surface area contributed by atoms with Crippen molar-refractivity contribution >= 4 is 0 Å². The average molecular weight is 290 g/mol. The molecule has 0 aliphatic heterocycles. The molecule has 1 aromatic carbocycles. The van der Waals surface area contributed by atoms with Crippen LogP contribution in [0.1, 0.15) is 69.8 Å². The Balaban J connectivity index is 0.000000173. The van der Waals surface area contributed by atoms with Crippen LogP contribution >= 0.6 is 0 Å². The first-order chi connectivity index (χ1) is 10.2.